The molecule has 0 amide bonds. The Bertz CT molecular complexity index is 1070. The first kappa shape index (κ1) is 18.6. The van der Waals surface area contributed by atoms with Crippen LogP contribution in [0.4, 0.5) is 4.39 Å². The molecule has 29 heavy (non-hydrogen) atoms. The molecule has 0 spiro atoms. The fourth-order valence-corrected chi connectivity index (χ4v) is 5.39. The molecule has 1 unspecified atom stereocenters. The maximum atomic E-state index is 13.3. The molecule has 2 aromatic heterocycles. The number of aryl methyl sites for hydroxylation is 1. The highest BCUT2D eigenvalue weighted by atomic mass is 32.2. The van der Waals surface area contributed by atoms with E-state index in [0.29, 0.717) is 0 Å². The zero-order chi connectivity index (χ0) is 20.0. The lowest BCUT2D eigenvalue weighted by Crippen LogP contribution is -2.46. The third-order valence-corrected chi connectivity index (χ3v) is 6.80. The molecule has 1 atom stereocenters. The van der Waals surface area contributed by atoms with Gasteiger partial charge in [0.05, 0.1) is 35.3 Å². The van der Waals surface area contributed by atoms with Gasteiger partial charge in [-0.2, -0.15) is 10.2 Å². The summed E-state index contributed by atoms with van der Waals surface area (Å²) in [5.74, 6) is -0.258. The molecule has 1 saturated heterocycles. The number of hydrogen-bond acceptors (Lipinski definition) is 5. The first-order chi connectivity index (χ1) is 14.1. The second kappa shape index (κ2) is 7.12. The fraction of sp³-hybridized carbons (Fsp3) is 0.333. The van der Waals surface area contributed by atoms with Gasteiger partial charge in [-0.3, -0.25) is 4.68 Å². The van der Waals surface area contributed by atoms with Crippen LogP contribution in [0.25, 0.3) is 11.8 Å². The summed E-state index contributed by atoms with van der Waals surface area (Å²) in [6.07, 6.45) is 9.56. The van der Waals surface area contributed by atoms with Crippen LogP contribution in [-0.4, -0.2) is 48.7 Å². The fourth-order valence-electron chi connectivity index (χ4n) is 4.30. The number of nitrogens with zero attached hydrogens (tertiary/aromatic N) is 5. The van der Waals surface area contributed by atoms with Crippen molar-refractivity contribution in [1.82, 2.24) is 23.9 Å². The van der Waals surface area contributed by atoms with E-state index in [9.17, 15) is 9.50 Å². The Morgan fingerprint density at radius 3 is 2.76 bits per heavy atom. The van der Waals surface area contributed by atoms with Gasteiger partial charge >= 0.3 is 0 Å². The van der Waals surface area contributed by atoms with E-state index < -0.39 is 0 Å². The third kappa shape index (κ3) is 3.31. The molecule has 0 radical (unpaired) electrons. The van der Waals surface area contributed by atoms with Crippen molar-refractivity contribution in [3.05, 3.63) is 65.5 Å². The van der Waals surface area contributed by atoms with Crippen molar-refractivity contribution in [1.29, 1.82) is 0 Å². The lowest BCUT2D eigenvalue weighted by Gasteiger charge is -2.45. The van der Waals surface area contributed by atoms with E-state index in [2.05, 4.69) is 20.6 Å². The number of aliphatic hydroxyl groups excluding tert-OH is 1. The van der Waals surface area contributed by atoms with E-state index in [1.54, 1.807) is 28.8 Å². The molecule has 1 fully saturated rings. The number of aliphatic hydroxyl groups is 1. The predicted octanol–water partition coefficient (Wildman–Crippen LogP) is 3.08. The standard InChI is InChI=1S/C21H22FN5OS/c1-25-12-19(11-23-25)29-26-7-6-16-8-20-15(9-21(16,13-26)14-28)10-24-27(20)18-4-2-17(22)3-5-18/h2-5,8,10-12,28H,6-7,9,13-14H2,1H3. The van der Waals surface area contributed by atoms with Gasteiger partial charge in [0.25, 0.3) is 0 Å². The average molecular weight is 412 g/mol. The van der Waals surface area contributed by atoms with Crippen molar-refractivity contribution in [2.24, 2.45) is 12.5 Å². The minimum atomic E-state index is -0.295. The van der Waals surface area contributed by atoms with Gasteiger partial charge in [0.15, 0.2) is 0 Å². The van der Waals surface area contributed by atoms with Crippen molar-refractivity contribution >= 4 is 18.0 Å². The summed E-state index contributed by atoms with van der Waals surface area (Å²) in [6.45, 7) is 1.79. The van der Waals surface area contributed by atoms with Crippen molar-refractivity contribution in [3.8, 4) is 5.69 Å². The number of benzene rings is 1. The lowest BCUT2D eigenvalue weighted by atomic mass is 9.69. The van der Waals surface area contributed by atoms with Crippen LogP contribution in [0.1, 0.15) is 17.7 Å². The Morgan fingerprint density at radius 2 is 2.03 bits per heavy atom. The normalized spacial score (nSPS) is 21.6. The Labute approximate surface area is 172 Å². The van der Waals surface area contributed by atoms with Crippen molar-refractivity contribution in [2.75, 3.05) is 19.7 Å². The minimum absolute atomic E-state index is 0.101. The van der Waals surface area contributed by atoms with Crippen molar-refractivity contribution < 1.29 is 9.50 Å². The number of fused-ring (bicyclic) bond motifs is 2. The molecule has 0 saturated carbocycles. The molecule has 3 heterocycles. The molecule has 8 heteroatoms. The maximum absolute atomic E-state index is 13.3. The first-order valence-electron chi connectivity index (χ1n) is 9.63. The van der Waals surface area contributed by atoms with Crippen LogP contribution >= 0.6 is 11.9 Å². The van der Waals surface area contributed by atoms with Gasteiger partial charge in [-0.05, 0) is 60.7 Å². The molecule has 6 nitrogen and oxygen atoms in total. The first-order valence-corrected chi connectivity index (χ1v) is 10.4. The van der Waals surface area contributed by atoms with Crippen molar-refractivity contribution in [2.45, 2.75) is 17.7 Å². The maximum Gasteiger partial charge on any atom is 0.123 e. The summed E-state index contributed by atoms with van der Waals surface area (Å²) in [5, 5.41) is 19.2. The smallest absolute Gasteiger partial charge is 0.123 e. The number of halogens is 1. The quantitative estimate of drug-likeness (QED) is 0.669. The van der Waals surface area contributed by atoms with Crippen LogP contribution in [0, 0.1) is 11.2 Å². The third-order valence-electron chi connectivity index (χ3n) is 5.81. The number of rotatable bonds is 4. The second-order valence-electron chi connectivity index (χ2n) is 7.78. The summed E-state index contributed by atoms with van der Waals surface area (Å²) in [5.41, 5.74) is 3.95. The van der Waals surface area contributed by atoms with E-state index in [0.717, 1.165) is 47.8 Å². The van der Waals surface area contributed by atoms with Crippen molar-refractivity contribution in [3.63, 3.8) is 0 Å². The summed E-state index contributed by atoms with van der Waals surface area (Å²) in [7, 11) is 1.91. The molecule has 2 aliphatic rings. The van der Waals surface area contributed by atoms with Gasteiger partial charge in [0.1, 0.15) is 5.82 Å². The second-order valence-corrected chi connectivity index (χ2v) is 8.95. The molecule has 150 valence electrons. The predicted molar refractivity (Wildman–Crippen MR) is 110 cm³/mol. The van der Waals surface area contributed by atoms with Crippen LogP contribution in [0.2, 0.25) is 0 Å². The average Bonchev–Trinajstić information content (AvgIpc) is 3.32. The molecule has 3 aromatic rings. The summed E-state index contributed by atoms with van der Waals surface area (Å²) in [4.78, 5) is 1.11. The largest absolute Gasteiger partial charge is 0.395 e. The van der Waals surface area contributed by atoms with E-state index in [1.807, 2.05) is 30.3 Å². The van der Waals surface area contributed by atoms with Crippen LogP contribution in [-0.2, 0) is 13.5 Å². The Kier molecular flexibility index (Phi) is 4.57. The highest BCUT2D eigenvalue weighted by Crippen LogP contribution is 2.45. The number of piperidine rings is 1. The van der Waals surface area contributed by atoms with Gasteiger partial charge in [-0.25, -0.2) is 13.4 Å². The minimum Gasteiger partial charge on any atom is -0.395 e. The Balaban J connectivity index is 1.44. The van der Waals surface area contributed by atoms with Crippen LogP contribution < -0.4 is 0 Å². The van der Waals surface area contributed by atoms with E-state index in [4.69, 9.17) is 0 Å². The van der Waals surface area contributed by atoms with Gasteiger partial charge in [-0.1, -0.05) is 5.57 Å². The van der Waals surface area contributed by atoms with Crippen LogP contribution in [0.3, 0.4) is 0 Å². The number of hydrogen-bond donors (Lipinski definition) is 1. The lowest BCUT2D eigenvalue weighted by molar-refractivity contribution is 0.115. The molecular weight excluding hydrogens is 389 g/mol. The molecule has 1 aromatic carbocycles. The van der Waals surface area contributed by atoms with E-state index in [1.165, 1.54) is 17.7 Å². The molecule has 5 rings (SSSR count). The topological polar surface area (TPSA) is 59.1 Å². The zero-order valence-corrected chi connectivity index (χ0v) is 16.9. The highest BCUT2D eigenvalue weighted by molar-refractivity contribution is 7.97. The number of aromatic nitrogens is 4. The van der Waals surface area contributed by atoms with Gasteiger partial charge < -0.3 is 5.11 Å². The van der Waals surface area contributed by atoms with E-state index in [-0.39, 0.29) is 17.8 Å². The Hall–Kier alpha value is -2.42. The molecule has 1 N–H and O–H groups in total. The monoisotopic (exact) mass is 411 g/mol. The van der Waals surface area contributed by atoms with Gasteiger partial charge in [0.2, 0.25) is 0 Å². The molecule has 1 aliphatic carbocycles. The highest BCUT2D eigenvalue weighted by Gasteiger charge is 2.43. The summed E-state index contributed by atoms with van der Waals surface area (Å²) >= 11 is 1.70. The van der Waals surface area contributed by atoms with Crippen LogP contribution in [0.5, 0.6) is 0 Å². The summed E-state index contributed by atoms with van der Waals surface area (Å²) < 4.78 is 19.3. The van der Waals surface area contributed by atoms with E-state index >= 15 is 0 Å². The zero-order valence-electron chi connectivity index (χ0n) is 16.1. The van der Waals surface area contributed by atoms with Gasteiger partial charge in [0, 0.05) is 31.7 Å². The summed E-state index contributed by atoms with van der Waals surface area (Å²) in [6, 6.07) is 6.38. The Morgan fingerprint density at radius 1 is 1.21 bits per heavy atom. The molecule has 1 aliphatic heterocycles. The SMILES string of the molecule is Cn1cc(SN2CCC3=Cc4c(cnn4-c4ccc(F)cc4)CC3(CO)C2)cn1. The molecule has 0 bridgehead atoms. The molecular formula is C21H22FN5OS. The van der Waals surface area contributed by atoms with Gasteiger partial charge in [-0.15, -0.1) is 0 Å². The van der Waals surface area contributed by atoms with Crippen LogP contribution in [0.15, 0.2) is 53.3 Å².